The van der Waals surface area contributed by atoms with E-state index < -0.39 is 49.5 Å². The summed E-state index contributed by atoms with van der Waals surface area (Å²) >= 11 is 0. The van der Waals surface area contributed by atoms with E-state index in [-0.39, 0.29) is 13.0 Å². The SMILES string of the molecule is O=C(O)C1CCCN1c1c([N+](=O)[O-])cc([N+](=O)[O-])cc1[N+](=O)[O-]. The number of carboxylic acid groups (broad SMARTS) is 1. The van der Waals surface area contributed by atoms with Crippen molar-refractivity contribution in [3.8, 4) is 0 Å². The molecule has 0 radical (unpaired) electrons. The third-order valence-corrected chi connectivity index (χ3v) is 3.48. The van der Waals surface area contributed by atoms with E-state index in [2.05, 4.69) is 0 Å². The molecule has 0 bridgehead atoms. The van der Waals surface area contributed by atoms with Gasteiger partial charge in [-0.15, -0.1) is 0 Å². The highest BCUT2D eigenvalue weighted by molar-refractivity contribution is 5.85. The van der Waals surface area contributed by atoms with Gasteiger partial charge in [0.2, 0.25) is 0 Å². The molecule has 0 aliphatic carbocycles. The van der Waals surface area contributed by atoms with Crippen LogP contribution in [-0.2, 0) is 4.79 Å². The molecule has 122 valence electrons. The van der Waals surface area contributed by atoms with Crippen LogP contribution in [-0.4, -0.2) is 38.4 Å². The zero-order valence-corrected chi connectivity index (χ0v) is 11.4. The molecule has 1 aliphatic heterocycles. The number of carbonyl (C=O) groups is 1. The van der Waals surface area contributed by atoms with Crippen molar-refractivity contribution in [2.75, 3.05) is 11.4 Å². The quantitative estimate of drug-likeness (QED) is 0.621. The number of nitro groups is 3. The van der Waals surface area contributed by atoms with Crippen LogP contribution in [0.5, 0.6) is 0 Å². The maximum absolute atomic E-state index is 11.2. The van der Waals surface area contributed by atoms with Gasteiger partial charge in [0.15, 0.2) is 5.69 Å². The Bertz CT molecular complexity index is 683. The number of rotatable bonds is 5. The van der Waals surface area contributed by atoms with Crippen molar-refractivity contribution in [1.82, 2.24) is 0 Å². The molecule has 0 spiro atoms. The molecule has 1 N–H and O–H groups in total. The topological polar surface area (TPSA) is 170 Å². The number of hydrogen-bond donors (Lipinski definition) is 1. The maximum atomic E-state index is 11.2. The van der Waals surface area contributed by atoms with Gasteiger partial charge in [0.05, 0.1) is 26.9 Å². The van der Waals surface area contributed by atoms with Gasteiger partial charge in [-0.25, -0.2) is 4.79 Å². The van der Waals surface area contributed by atoms with Gasteiger partial charge >= 0.3 is 17.3 Å². The molecule has 1 aromatic rings. The zero-order chi connectivity index (χ0) is 17.3. The van der Waals surface area contributed by atoms with Crippen molar-refractivity contribution in [3.63, 3.8) is 0 Å². The minimum absolute atomic E-state index is 0.0659. The number of hydrogen-bond acceptors (Lipinski definition) is 8. The van der Waals surface area contributed by atoms with Gasteiger partial charge < -0.3 is 10.0 Å². The third kappa shape index (κ3) is 2.86. The summed E-state index contributed by atoms with van der Waals surface area (Å²) in [5, 5.41) is 42.3. The van der Waals surface area contributed by atoms with E-state index in [9.17, 15) is 35.1 Å². The van der Waals surface area contributed by atoms with E-state index in [0.29, 0.717) is 18.6 Å². The maximum Gasteiger partial charge on any atom is 0.326 e. The molecule has 12 heteroatoms. The fourth-order valence-corrected chi connectivity index (χ4v) is 2.56. The van der Waals surface area contributed by atoms with E-state index in [1.54, 1.807) is 0 Å². The first-order valence-electron chi connectivity index (χ1n) is 6.34. The second-order valence-corrected chi connectivity index (χ2v) is 4.79. The van der Waals surface area contributed by atoms with Crippen molar-refractivity contribution < 1.29 is 24.7 Å². The normalized spacial score (nSPS) is 17.0. The summed E-state index contributed by atoms with van der Waals surface area (Å²) in [6.07, 6.45) is 0.545. The van der Waals surface area contributed by atoms with E-state index >= 15 is 0 Å². The molecule has 23 heavy (non-hydrogen) atoms. The second kappa shape index (κ2) is 5.82. The number of aliphatic carboxylic acids is 1. The Morgan fingerprint density at radius 1 is 1.09 bits per heavy atom. The average molecular weight is 326 g/mol. The van der Waals surface area contributed by atoms with Crippen LogP contribution < -0.4 is 4.90 Å². The Kier molecular flexibility index (Phi) is 4.07. The molecule has 1 heterocycles. The fourth-order valence-electron chi connectivity index (χ4n) is 2.56. The van der Waals surface area contributed by atoms with Crippen LogP contribution in [0, 0.1) is 30.3 Å². The largest absolute Gasteiger partial charge is 0.480 e. The molecule has 12 nitrogen and oxygen atoms in total. The molecule has 2 rings (SSSR count). The Labute approximate surface area is 127 Å². The Balaban J connectivity index is 2.74. The number of carboxylic acids is 1. The molecule has 0 amide bonds. The van der Waals surface area contributed by atoms with E-state index in [1.165, 1.54) is 0 Å². The van der Waals surface area contributed by atoms with Gasteiger partial charge in [0.25, 0.3) is 5.69 Å². The first kappa shape index (κ1) is 16.1. The third-order valence-electron chi connectivity index (χ3n) is 3.48. The number of benzene rings is 1. The first-order chi connectivity index (χ1) is 10.7. The molecule has 1 atom stereocenters. The number of non-ortho nitro benzene ring substituents is 1. The number of anilines is 1. The van der Waals surface area contributed by atoms with Crippen molar-refractivity contribution in [3.05, 3.63) is 42.5 Å². The summed E-state index contributed by atoms with van der Waals surface area (Å²) in [6.45, 7) is 0.0659. The second-order valence-electron chi connectivity index (χ2n) is 4.79. The molecule has 1 aliphatic rings. The average Bonchev–Trinajstić information content (AvgIpc) is 2.94. The lowest BCUT2D eigenvalue weighted by molar-refractivity contribution is -0.402. The van der Waals surface area contributed by atoms with Crippen molar-refractivity contribution >= 4 is 28.7 Å². The summed E-state index contributed by atoms with van der Waals surface area (Å²) in [7, 11) is 0. The van der Waals surface area contributed by atoms with Gasteiger partial charge in [-0.3, -0.25) is 30.3 Å². The van der Waals surface area contributed by atoms with Gasteiger partial charge in [-0.2, -0.15) is 0 Å². The van der Waals surface area contributed by atoms with E-state index in [4.69, 9.17) is 5.11 Å². The first-order valence-corrected chi connectivity index (χ1v) is 6.34. The van der Waals surface area contributed by atoms with Gasteiger partial charge in [0.1, 0.15) is 6.04 Å². The Hall–Kier alpha value is -3.31. The standard InChI is InChI=1S/C11H10N4O8/c16-11(17)7-2-1-3-12(7)10-8(14(20)21)4-6(13(18)19)5-9(10)15(22)23/h4-5,7H,1-3H2,(H,16,17). The summed E-state index contributed by atoms with van der Waals surface area (Å²) in [4.78, 5) is 42.5. The summed E-state index contributed by atoms with van der Waals surface area (Å²) in [5.41, 5.74) is -3.05. The number of nitro benzene ring substituents is 3. The molecule has 1 fully saturated rings. The molecular formula is C11H10N4O8. The lowest BCUT2D eigenvalue weighted by atomic mass is 10.1. The van der Waals surface area contributed by atoms with E-state index in [1.807, 2.05) is 0 Å². The predicted molar refractivity (Wildman–Crippen MR) is 74.4 cm³/mol. The van der Waals surface area contributed by atoms with Gasteiger partial charge in [-0.05, 0) is 12.8 Å². The summed E-state index contributed by atoms with van der Waals surface area (Å²) < 4.78 is 0. The molecule has 0 saturated carbocycles. The monoisotopic (exact) mass is 326 g/mol. The highest BCUT2D eigenvalue weighted by atomic mass is 16.6. The van der Waals surface area contributed by atoms with Gasteiger partial charge in [-0.1, -0.05) is 0 Å². The minimum Gasteiger partial charge on any atom is -0.480 e. The zero-order valence-electron chi connectivity index (χ0n) is 11.4. The van der Waals surface area contributed by atoms with Crippen LogP contribution in [0.1, 0.15) is 12.8 Å². The van der Waals surface area contributed by atoms with Crippen LogP contribution in [0.15, 0.2) is 12.1 Å². The van der Waals surface area contributed by atoms with Crippen LogP contribution >= 0.6 is 0 Å². The molecular weight excluding hydrogens is 316 g/mol. The van der Waals surface area contributed by atoms with Crippen LogP contribution in [0.25, 0.3) is 0 Å². The van der Waals surface area contributed by atoms with Gasteiger partial charge in [0, 0.05) is 6.54 Å². The van der Waals surface area contributed by atoms with Crippen LogP contribution in [0.3, 0.4) is 0 Å². The Morgan fingerprint density at radius 3 is 2.00 bits per heavy atom. The fraction of sp³-hybridized carbons (Fsp3) is 0.364. The smallest absolute Gasteiger partial charge is 0.326 e. The van der Waals surface area contributed by atoms with Crippen LogP contribution in [0.4, 0.5) is 22.7 Å². The summed E-state index contributed by atoms with van der Waals surface area (Å²) in [5.74, 6) is -1.27. The molecule has 1 aromatic carbocycles. The molecule has 0 aromatic heterocycles. The summed E-state index contributed by atoms with van der Waals surface area (Å²) in [6, 6.07) is 0.0351. The number of nitrogens with zero attached hydrogens (tertiary/aromatic N) is 4. The highest BCUT2D eigenvalue weighted by Gasteiger charge is 2.41. The van der Waals surface area contributed by atoms with E-state index in [0.717, 1.165) is 4.90 Å². The predicted octanol–water partition coefficient (Wildman–Crippen LogP) is 1.46. The van der Waals surface area contributed by atoms with Crippen molar-refractivity contribution in [1.29, 1.82) is 0 Å². The lowest BCUT2D eigenvalue weighted by Crippen LogP contribution is -2.36. The molecule has 1 saturated heterocycles. The Morgan fingerprint density at radius 2 is 1.61 bits per heavy atom. The minimum atomic E-state index is -1.27. The highest BCUT2D eigenvalue weighted by Crippen LogP contribution is 2.43. The lowest BCUT2D eigenvalue weighted by Gasteiger charge is -2.22. The van der Waals surface area contributed by atoms with Crippen LogP contribution in [0.2, 0.25) is 0 Å². The molecule has 1 unspecified atom stereocenters. The van der Waals surface area contributed by atoms with Crippen molar-refractivity contribution in [2.24, 2.45) is 0 Å². The van der Waals surface area contributed by atoms with Crippen molar-refractivity contribution in [2.45, 2.75) is 18.9 Å².